The van der Waals surface area contributed by atoms with Crippen LogP contribution in [-0.4, -0.2) is 11.7 Å². The third-order valence-electron chi connectivity index (χ3n) is 2.66. The van der Waals surface area contributed by atoms with Crippen LogP contribution in [0.3, 0.4) is 0 Å². The fourth-order valence-electron chi connectivity index (χ4n) is 1.82. The van der Waals surface area contributed by atoms with E-state index < -0.39 is 0 Å². The highest BCUT2D eigenvalue weighted by Gasteiger charge is 2.03. The van der Waals surface area contributed by atoms with E-state index in [1.165, 1.54) is 21.2 Å². The van der Waals surface area contributed by atoms with Crippen molar-refractivity contribution in [2.24, 2.45) is 0 Å². The van der Waals surface area contributed by atoms with E-state index in [0.717, 1.165) is 19.3 Å². The first kappa shape index (κ1) is 10.7. The molecule has 80 valence electrons. The molecule has 1 aromatic carbocycles. The largest absolute Gasteiger partial charge is 0.396 e. The molecule has 1 N–H and O–H groups in total. The van der Waals surface area contributed by atoms with Gasteiger partial charge in [0, 0.05) is 11.3 Å². The normalized spacial score (nSPS) is 11.1. The van der Waals surface area contributed by atoms with E-state index in [1.807, 2.05) is 11.3 Å². The molecule has 1 heterocycles. The summed E-state index contributed by atoms with van der Waals surface area (Å²) >= 11 is 1.82. The van der Waals surface area contributed by atoms with Crippen molar-refractivity contribution in [2.45, 2.75) is 26.2 Å². The van der Waals surface area contributed by atoms with E-state index in [-0.39, 0.29) is 0 Å². The predicted octanol–water partition coefficient (Wildman–Crippen LogP) is 3.52. The first-order chi connectivity index (χ1) is 7.31. The molecule has 1 nitrogen and oxygen atoms in total. The zero-order valence-electron chi connectivity index (χ0n) is 8.99. The van der Waals surface area contributed by atoms with Gasteiger partial charge >= 0.3 is 0 Å². The summed E-state index contributed by atoms with van der Waals surface area (Å²) in [7, 11) is 0. The maximum absolute atomic E-state index is 8.75. The van der Waals surface area contributed by atoms with Gasteiger partial charge in [0.15, 0.2) is 0 Å². The summed E-state index contributed by atoms with van der Waals surface area (Å²) < 4.78 is 1.37. The Hall–Kier alpha value is -0.860. The number of aliphatic hydroxyl groups is 1. The van der Waals surface area contributed by atoms with Crippen LogP contribution in [0.2, 0.25) is 0 Å². The van der Waals surface area contributed by atoms with Crippen LogP contribution >= 0.6 is 11.3 Å². The number of hydrogen-bond acceptors (Lipinski definition) is 2. The predicted molar refractivity (Wildman–Crippen MR) is 66.6 cm³/mol. The average molecular weight is 220 g/mol. The van der Waals surface area contributed by atoms with Gasteiger partial charge in [0.2, 0.25) is 0 Å². The Morgan fingerprint density at radius 1 is 1.27 bits per heavy atom. The van der Waals surface area contributed by atoms with Crippen molar-refractivity contribution in [3.8, 4) is 0 Å². The first-order valence-electron chi connectivity index (χ1n) is 5.39. The Morgan fingerprint density at radius 3 is 2.93 bits per heavy atom. The molecule has 15 heavy (non-hydrogen) atoms. The van der Waals surface area contributed by atoms with Crippen molar-refractivity contribution in [2.75, 3.05) is 6.61 Å². The molecule has 0 bridgehead atoms. The minimum absolute atomic E-state index is 0.307. The van der Waals surface area contributed by atoms with Crippen LogP contribution in [0.15, 0.2) is 23.6 Å². The second kappa shape index (κ2) is 4.77. The van der Waals surface area contributed by atoms with Gasteiger partial charge in [-0.25, -0.2) is 0 Å². The Balaban J connectivity index is 2.23. The highest BCUT2D eigenvalue weighted by molar-refractivity contribution is 7.17. The van der Waals surface area contributed by atoms with Gasteiger partial charge in [-0.3, -0.25) is 0 Å². The molecule has 2 rings (SSSR count). The molecule has 0 aliphatic rings. The Labute approximate surface area is 94.4 Å². The number of thiophene rings is 1. The molecule has 0 radical (unpaired) electrons. The van der Waals surface area contributed by atoms with Crippen molar-refractivity contribution in [3.05, 3.63) is 34.7 Å². The summed E-state index contributed by atoms with van der Waals surface area (Å²) in [6, 6.07) is 6.63. The van der Waals surface area contributed by atoms with Crippen molar-refractivity contribution < 1.29 is 5.11 Å². The quantitative estimate of drug-likeness (QED) is 0.782. The number of rotatable bonds is 4. The number of hydrogen-bond donors (Lipinski definition) is 1. The fourth-order valence-corrected chi connectivity index (χ4v) is 2.79. The summed E-state index contributed by atoms with van der Waals surface area (Å²) in [6.07, 6.45) is 3.07. The lowest BCUT2D eigenvalue weighted by Crippen LogP contribution is -1.87. The van der Waals surface area contributed by atoms with Crippen LogP contribution < -0.4 is 0 Å². The third-order valence-corrected chi connectivity index (χ3v) is 3.68. The molecule has 0 fully saturated rings. The van der Waals surface area contributed by atoms with Crippen LogP contribution in [0, 0.1) is 6.92 Å². The number of benzene rings is 1. The van der Waals surface area contributed by atoms with E-state index in [1.54, 1.807) is 0 Å². The minimum Gasteiger partial charge on any atom is -0.396 e. The average Bonchev–Trinajstić information content (AvgIpc) is 2.62. The highest BCUT2D eigenvalue weighted by atomic mass is 32.1. The Morgan fingerprint density at radius 2 is 2.13 bits per heavy atom. The van der Waals surface area contributed by atoms with Gasteiger partial charge < -0.3 is 5.11 Å². The Kier molecular flexibility index (Phi) is 3.39. The molecule has 0 amide bonds. The molecular weight excluding hydrogens is 204 g/mol. The molecule has 2 heteroatoms. The molecule has 0 unspecified atom stereocenters. The molecule has 0 atom stereocenters. The topological polar surface area (TPSA) is 20.2 Å². The van der Waals surface area contributed by atoms with Crippen molar-refractivity contribution in [1.82, 2.24) is 0 Å². The summed E-state index contributed by atoms with van der Waals surface area (Å²) in [5, 5.41) is 12.4. The second-order valence-electron chi connectivity index (χ2n) is 3.94. The van der Waals surface area contributed by atoms with Gasteiger partial charge in [-0.05, 0) is 48.6 Å². The zero-order valence-corrected chi connectivity index (χ0v) is 9.81. The van der Waals surface area contributed by atoms with Crippen LogP contribution in [0.1, 0.15) is 24.0 Å². The van der Waals surface area contributed by atoms with Gasteiger partial charge in [-0.15, -0.1) is 11.3 Å². The monoisotopic (exact) mass is 220 g/mol. The van der Waals surface area contributed by atoms with Gasteiger partial charge in [0.05, 0.1) is 0 Å². The van der Waals surface area contributed by atoms with Crippen molar-refractivity contribution >= 4 is 21.4 Å². The maximum atomic E-state index is 8.75. The number of aliphatic hydroxyl groups excluding tert-OH is 1. The number of aryl methyl sites for hydroxylation is 2. The van der Waals surface area contributed by atoms with Crippen LogP contribution in [0.25, 0.3) is 10.1 Å². The van der Waals surface area contributed by atoms with Crippen molar-refractivity contribution in [3.63, 3.8) is 0 Å². The molecule has 0 spiro atoms. The minimum atomic E-state index is 0.307. The molecule has 2 aromatic rings. The number of unbranched alkanes of at least 4 members (excludes halogenated alkanes) is 1. The SMILES string of the molecule is Cc1ccc2scc(CCCCO)c2c1. The van der Waals surface area contributed by atoms with Gasteiger partial charge in [-0.2, -0.15) is 0 Å². The van der Waals surface area contributed by atoms with Crippen LogP contribution in [0.4, 0.5) is 0 Å². The second-order valence-corrected chi connectivity index (χ2v) is 4.85. The summed E-state index contributed by atoms with van der Waals surface area (Å²) in [6.45, 7) is 2.44. The van der Waals surface area contributed by atoms with E-state index in [9.17, 15) is 0 Å². The lowest BCUT2D eigenvalue weighted by molar-refractivity contribution is 0.285. The van der Waals surface area contributed by atoms with E-state index >= 15 is 0 Å². The van der Waals surface area contributed by atoms with E-state index in [4.69, 9.17) is 5.11 Å². The van der Waals surface area contributed by atoms with Gasteiger partial charge in [-0.1, -0.05) is 17.7 Å². The molecule has 0 saturated carbocycles. The summed E-state index contributed by atoms with van der Waals surface area (Å²) in [4.78, 5) is 0. The fraction of sp³-hybridized carbons (Fsp3) is 0.385. The molecular formula is C13H16OS. The van der Waals surface area contributed by atoms with E-state index in [0.29, 0.717) is 6.61 Å². The standard InChI is InChI=1S/C13H16OS/c1-10-5-6-13-12(8-10)11(9-15-13)4-2-3-7-14/h5-6,8-9,14H,2-4,7H2,1H3. The van der Waals surface area contributed by atoms with Gasteiger partial charge in [0.1, 0.15) is 0 Å². The maximum Gasteiger partial charge on any atom is 0.0431 e. The first-order valence-corrected chi connectivity index (χ1v) is 6.27. The molecule has 1 aromatic heterocycles. The van der Waals surface area contributed by atoms with Gasteiger partial charge in [0.25, 0.3) is 0 Å². The smallest absolute Gasteiger partial charge is 0.0431 e. The van der Waals surface area contributed by atoms with Crippen LogP contribution in [0.5, 0.6) is 0 Å². The van der Waals surface area contributed by atoms with Crippen LogP contribution in [-0.2, 0) is 6.42 Å². The van der Waals surface area contributed by atoms with Crippen molar-refractivity contribution in [1.29, 1.82) is 0 Å². The lowest BCUT2D eigenvalue weighted by atomic mass is 10.1. The lowest BCUT2D eigenvalue weighted by Gasteiger charge is -1.99. The molecule has 0 saturated heterocycles. The summed E-state index contributed by atoms with van der Waals surface area (Å²) in [5.41, 5.74) is 2.76. The highest BCUT2D eigenvalue weighted by Crippen LogP contribution is 2.27. The number of fused-ring (bicyclic) bond motifs is 1. The third kappa shape index (κ3) is 2.39. The zero-order chi connectivity index (χ0) is 10.7. The molecule has 0 aliphatic heterocycles. The summed E-state index contributed by atoms with van der Waals surface area (Å²) in [5.74, 6) is 0. The van der Waals surface area contributed by atoms with E-state index in [2.05, 4.69) is 30.5 Å². The Bertz CT molecular complexity index is 445. The molecule has 0 aliphatic carbocycles.